The number of hydrogen-bond donors (Lipinski definition) is 1. The molecule has 1 unspecified atom stereocenters. The fraction of sp³-hybridized carbons (Fsp3) is 0.355. The molecule has 0 heterocycles. The third kappa shape index (κ3) is 7.41. The van der Waals surface area contributed by atoms with Gasteiger partial charge in [0.2, 0.25) is 11.8 Å². The van der Waals surface area contributed by atoms with E-state index in [1.165, 1.54) is 24.1 Å². The smallest absolute Gasteiger partial charge is 0.264 e. The number of methoxy groups -OCH3 is 1. The Morgan fingerprint density at radius 1 is 0.925 bits per heavy atom. The van der Waals surface area contributed by atoms with Gasteiger partial charge in [0.05, 0.1) is 17.7 Å². The Morgan fingerprint density at radius 2 is 1.55 bits per heavy atom. The van der Waals surface area contributed by atoms with Gasteiger partial charge < -0.3 is 15.0 Å². The van der Waals surface area contributed by atoms with Crippen LogP contribution in [0.2, 0.25) is 0 Å². The third-order valence-electron chi connectivity index (χ3n) is 6.67. The Hall–Kier alpha value is -3.85. The summed E-state index contributed by atoms with van der Waals surface area (Å²) in [5.74, 6) is -0.210. The minimum Gasteiger partial charge on any atom is -0.497 e. The van der Waals surface area contributed by atoms with Crippen molar-refractivity contribution in [3.05, 3.63) is 89.5 Å². The quantitative estimate of drug-likeness (QED) is 0.339. The zero-order chi connectivity index (χ0) is 29.4. The first-order valence-electron chi connectivity index (χ1n) is 13.4. The van der Waals surface area contributed by atoms with E-state index in [1.807, 2.05) is 58.9 Å². The Morgan fingerprint density at radius 3 is 2.10 bits per heavy atom. The Bertz CT molecular complexity index is 1400. The molecule has 214 valence electrons. The standard InChI is InChI=1S/C31H39N3O5S/c1-7-29(31(36)32-22(2)3)33(20-25-11-9-8-10-24(25)5)30(35)21-34(26-14-16-27(39-6)17-15-26)40(37,38)28-18-12-23(4)13-19-28/h8-19,22,29H,7,20-21H2,1-6H3,(H,32,36). The molecule has 40 heavy (non-hydrogen) atoms. The van der Waals surface area contributed by atoms with Crippen LogP contribution in [-0.4, -0.2) is 50.9 Å². The Labute approximate surface area is 238 Å². The Kier molecular flexibility index (Phi) is 10.3. The topological polar surface area (TPSA) is 96.0 Å². The van der Waals surface area contributed by atoms with Crippen molar-refractivity contribution >= 4 is 27.5 Å². The number of nitrogens with one attached hydrogen (secondary N) is 1. The minimum atomic E-state index is -4.13. The molecule has 0 aliphatic heterocycles. The van der Waals surface area contributed by atoms with Crippen molar-refractivity contribution in [2.45, 2.75) is 64.6 Å². The minimum absolute atomic E-state index is 0.0664. The van der Waals surface area contributed by atoms with E-state index in [4.69, 9.17) is 4.74 Å². The Balaban J connectivity index is 2.08. The fourth-order valence-corrected chi connectivity index (χ4v) is 5.80. The van der Waals surface area contributed by atoms with Gasteiger partial charge in [-0.25, -0.2) is 8.42 Å². The maximum absolute atomic E-state index is 14.1. The molecule has 0 aliphatic carbocycles. The van der Waals surface area contributed by atoms with E-state index in [-0.39, 0.29) is 23.4 Å². The molecule has 0 radical (unpaired) electrons. The molecule has 1 atom stereocenters. The van der Waals surface area contributed by atoms with Crippen LogP contribution in [0.1, 0.15) is 43.9 Å². The third-order valence-corrected chi connectivity index (χ3v) is 8.46. The van der Waals surface area contributed by atoms with Crippen molar-refractivity contribution < 1.29 is 22.7 Å². The van der Waals surface area contributed by atoms with Crippen LogP contribution in [0.4, 0.5) is 5.69 Å². The lowest BCUT2D eigenvalue weighted by Gasteiger charge is -2.34. The van der Waals surface area contributed by atoms with Gasteiger partial charge in [-0.3, -0.25) is 13.9 Å². The van der Waals surface area contributed by atoms with Crippen LogP contribution in [0, 0.1) is 13.8 Å². The molecule has 0 saturated heterocycles. The van der Waals surface area contributed by atoms with Gasteiger partial charge in [0.25, 0.3) is 10.0 Å². The van der Waals surface area contributed by atoms with Gasteiger partial charge in [0.15, 0.2) is 0 Å². The molecular formula is C31H39N3O5S. The maximum atomic E-state index is 14.1. The summed E-state index contributed by atoms with van der Waals surface area (Å²) in [4.78, 5) is 28.9. The van der Waals surface area contributed by atoms with E-state index in [2.05, 4.69) is 5.32 Å². The number of nitrogens with zero attached hydrogens (tertiary/aromatic N) is 2. The highest BCUT2D eigenvalue weighted by atomic mass is 32.2. The lowest BCUT2D eigenvalue weighted by atomic mass is 10.1. The van der Waals surface area contributed by atoms with Gasteiger partial charge in [-0.1, -0.05) is 48.9 Å². The summed E-state index contributed by atoms with van der Waals surface area (Å²) in [6.07, 6.45) is 0.365. The molecule has 3 aromatic carbocycles. The van der Waals surface area contributed by atoms with E-state index >= 15 is 0 Å². The number of anilines is 1. The first-order chi connectivity index (χ1) is 19.0. The van der Waals surface area contributed by atoms with E-state index in [0.29, 0.717) is 17.9 Å². The molecule has 0 saturated carbocycles. The number of amides is 2. The number of carbonyl (C=O) groups is 2. The molecule has 0 aliphatic rings. The van der Waals surface area contributed by atoms with Crippen LogP contribution in [0.25, 0.3) is 0 Å². The first-order valence-corrected chi connectivity index (χ1v) is 14.8. The van der Waals surface area contributed by atoms with Crippen LogP contribution >= 0.6 is 0 Å². The number of aryl methyl sites for hydroxylation is 2. The average Bonchev–Trinajstić information content (AvgIpc) is 2.92. The van der Waals surface area contributed by atoms with Crippen molar-refractivity contribution in [1.29, 1.82) is 0 Å². The van der Waals surface area contributed by atoms with E-state index in [0.717, 1.165) is 21.0 Å². The molecule has 2 amide bonds. The predicted molar refractivity (Wildman–Crippen MR) is 158 cm³/mol. The second-order valence-electron chi connectivity index (χ2n) is 10.1. The SMILES string of the molecule is CCC(C(=O)NC(C)C)N(Cc1ccccc1C)C(=O)CN(c1ccc(OC)cc1)S(=O)(=O)c1ccc(C)cc1. The van der Waals surface area contributed by atoms with Crippen molar-refractivity contribution in [2.75, 3.05) is 18.0 Å². The highest BCUT2D eigenvalue weighted by Gasteiger charge is 2.34. The molecule has 9 heteroatoms. The van der Waals surface area contributed by atoms with Gasteiger partial charge >= 0.3 is 0 Å². The largest absolute Gasteiger partial charge is 0.497 e. The van der Waals surface area contributed by atoms with Gasteiger partial charge in [0.1, 0.15) is 18.3 Å². The highest BCUT2D eigenvalue weighted by Crippen LogP contribution is 2.27. The lowest BCUT2D eigenvalue weighted by molar-refractivity contribution is -0.140. The monoisotopic (exact) mass is 565 g/mol. The molecule has 0 fully saturated rings. The van der Waals surface area contributed by atoms with Crippen LogP contribution in [0.15, 0.2) is 77.7 Å². The predicted octanol–water partition coefficient (Wildman–Crippen LogP) is 4.84. The molecule has 8 nitrogen and oxygen atoms in total. The molecule has 3 aromatic rings. The normalized spacial score (nSPS) is 12.1. The van der Waals surface area contributed by atoms with Gasteiger partial charge in [-0.05, 0) is 81.6 Å². The molecule has 3 rings (SSSR count). The zero-order valence-corrected chi connectivity index (χ0v) is 24.9. The van der Waals surface area contributed by atoms with Crippen molar-refractivity contribution in [3.63, 3.8) is 0 Å². The summed E-state index contributed by atoms with van der Waals surface area (Å²) >= 11 is 0. The van der Waals surface area contributed by atoms with Crippen molar-refractivity contribution in [3.8, 4) is 5.75 Å². The van der Waals surface area contributed by atoms with Crippen LogP contribution in [0.5, 0.6) is 5.75 Å². The van der Waals surface area contributed by atoms with E-state index < -0.39 is 28.5 Å². The number of sulfonamides is 1. The van der Waals surface area contributed by atoms with Crippen molar-refractivity contribution in [1.82, 2.24) is 10.2 Å². The van der Waals surface area contributed by atoms with E-state index in [1.54, 1.807) is 36.4 Å². The summed E-state index contributed by atoms with van der Waals surface area (Å²) in [7, 11) is -2.60. The van der Waals surface area contributed by atoms with Crippen LogP contribution < -0.4 is 14.4 Å². The molecular weight excluding hydrogens is 526 g/mol. The second kappa shape index (κ2) is 13.5. The van der Waals surface area contributed by atoms with Crippen molar-refractivity contribution in [2.24, 2.45) is 0 Å². The van der Waals surface area contributed by atoms with Gasteiger partial charge in [0, 0.05) is 12.6 Å². The molecule has 0 aromatic heterocycles. The molecule has 1 N–H and O–H groups in total. The molecule has 0 bridgehead atoms. The second-order valence-corrected chi connectivity index (χ2v) is 11.9. The fourth-order valence-electron chi connectivity index (χ4n) is 4.39. The number of rotatable bonds is 12. The number of carbonyl (C=O) groups excluding carboxylic acids is 2. The highest BCUT2D eigenvalue weighted by molar-refractivity contribution is 7.92. The van der Waals surface area contributed by atoms with Crippen LogP contribution in [-0.2, 0) is 26.2 Å². The van der Waals surface area contributed by atoms with Crippen LogP contribution in [0.3, 0.4) is 0 Å². The summed E-state index contributed by atoms with van der Waals surface area (Å²) in [6, 6.07) is 19.7. The maximum Gasteiger partial charge on any atom is 0.264 e. The van der Waals surface area contributed by atoms with Gasteiger partial charge in [-0.15, -0.1) is 0 Å². The van der Waals surface area contributed by atoms with Gasteiger partial charge in [-0.2, -0.15) is 0 Å². The zero-order valence-electron chi connectivity index (χ0n) is 24.0. The summed E-state index contributed by atoms with van der Waals surface area (Å²) in [6.45, 7) is 9.05. The van der Waals surface area contributed by atoms with E-state index in [9.17, 15) is 18.0 Å². The summed E-state index contributed by atoms with van der Waals surface area (Å²) < 4.78 is 34.2. The lowest BCUT2D eigenvalue weighted by Crippen LogP contribution is -2.53. The summed E-state index contributed by atoms with van der Waals surface area (Å²) in [5, 5.41) is 2.91. The number of ether oxygens (including phenoxy) is 1. The number of benzene rings is 3. The summed E-state index contributed by atoms with van der Waals surface area (Å²) in [5.41, 5.74) is 3.07. The first kappa shape index (κ1) is 30.7. The number of hydrogen-bond acceptors (Lipinski definition) is 5. The molecule has 0 spiro atoms. The average molecular weight is 566 g/mol.